The molecule has 44 heavy (non-hydrogen) atoms. The van der Waals surface area contributed by atoms with Crippen LogP contribution in [0.3, 0.4) is 0 Å². The SMILES string of the molecule is C[C@]12CCC(=O)C=C1CC[C@H]1[C@@H]2CC[C@]2(C)[C@H]1CC[C@]2(O)C(=O)COC(=O)CCC(=O)NC[C@H](CC(=O)O)c1ccccc1. The van der Waals surface area contributed by atoms with Crippen molar-refractivity contribution in [3.63, 3.8) is 0 Å². The van der Waals surface area contributed by atoms with Crippen LogP contribution in [0.15, 0.2) is 42.0 Å². The van der Waals surface area contributed by atoms with Crippen LogP contribution in [0.1, 0.15) is 96.0 Å². The molecule has 9 heteroatoms. The van der Waals surface area contributed by atoms with E-state index in [9.17, 15) is 34.2 Å². The molecule has 0 aromatic heterocycles. The Kier molecular flexibility index (Phi) is 9.17. The van der Waals surface area contributed by atoms with E-state index in [1.807, 2.05) is 31.2 Å². The smallest absolute Gasteiger partial charge is 0.306 e. The Morgan fingerprint density at radius 3 is 2.43 bits per heavy atom. The van der Waals surface area contributed by atoms with Gasteiger partial charge in [-0.3, -0.25) is 24.0 Å². The highest BCUT2D eigenvalue weighted by atomic mass is 16.5. The molecule has 0 radical (unpaired) electrons. The second-order valence-electron chi connectivity index (χ2n) is 13.9. The quantitative estimate of drug-likeness (QED) is 0.311. The zero-order chi connectivity index (χ0) is 31.7. The van der Waals surface area contributed by atoms with E-state index in [2.05, 4.69) is 12.2 Å². The van der Waals surface area contributed by atoms with Gasteiger partial charge < -0.3 is 20.3 Å². The lowest BCUT2D eigenvalue weighted by Gasteiger charge is -2.58. The molecule has 0 bridgehead atoms. The van der Waals surface area contributed by atoms with E-state index in [4.69, 9.17) is 4.74 Å². The summed E-state index contributed by atoms with van der Waals surface area (Å²) in [5.41, 5.74) is -0.100. The number of rotatable bonds is 11. The number of ether oxygens (including phenoxy) is 1. The van der Waals surface area contributed by atoms with Gasteiger partial charge in [-0.05, 0) is 79.8 Å². The van der Waals surface area contributed by atoms with Gasteiger partial charge in [-0.2, -0.15) is 0 Å². The molecule has 3 saturated carbocycles. The van der Waals surface area contributed by atoms with Gasteiger partial charge in [0.15, 0.2) is 12.4 Å². The van der Waals surface area contributed by atoms with E-state index in [0.29, 0.717) is 31.1 Å². The molecule has 4 aliphatic carbocycles. The lowest BCUT2D eigenvalue weighted by atomic mass is 9.46. The average Bonchev–Trinajstić information content (AvgIpc) is 3.28. The van der Waals surface area contributed by atoms with Crippen molar-refractivity contribution in [1.29, 1.82) is 0 Å². The van der Waals surface area contributed by atoms with Crippen LogP contribution in [0, 0.1) is 28.6 Å². The highest BCUT2D eigenvalue weighted by Gasteiger charge is 2.66. The third-order valence-electron chi connectivity index (χ3n) is 11.7. The van der Waals surface area contributed by atoms with E-state index in [1.54, 1.807) is 12.1 Å². The van der Waals surface area contributed by atoms with Gasteiger partial charge in [0.1, 0.15) is 5.60 Å². The van der Waals surface area contributed by atoms with Crippen molar-refractivity contribution in [2.75, 3.05) is 13.2 Å². The van der Waals surface area contributed by atoms with E-state index >= 15 is 0 Å². The highest BCUT2D eigenvalue weighted by Crippen LogP contribution is 2.67. The van der Waals surface area contributed by atoms with Crippen molar-refractivity contribution in [3.05, 3.63) is 47.5 Å². The van der Waals surface area contributed by atoms with Crippen molar-refractivity contribution in [1.82, 2.24) is 5.32 Å². The molecule has 4 aliphatic rings. The summed E-state index contributed by atoms with van der Waals surface area (Å²) in [6.45, 7) is 3.91. The topological polar surface area (TPSA) is 147 Å². The molecular formula is C35H45NO8. The first-order chi connectivity index (χ1) is 20.9. The molecule has 5 rings (SSSR count). The normalized spacial score (nSPS) is 33.2. The fraction of sp³-hybridized carbons (Fsp3) is 0.629. The standard InChI is InChI=1S/C35H45NO8/c1-33-15-12-25(37)19-24(33)8-9-26-27(33)13-16-34(2)28(26)14-17-35(34,43)29(38)21-44-32(42)11-10-30(39)36-20-23(18-31(40)41)22-6-4-3-5-7-22/h3-7,19,23,26-28,43H,8-18,20-21H2,1-2H3,(H,36,39)(H,40,41)/t23-,26-,27-,28-,33-,34+,35-/m0/s1. The number of allylic oxidation sites excluding steroid dienone is 1. The number of carboxylic acids is 1. The Hall–Kier alpha value is -3.33. The third kappa shape index (κ3) is 6.00. The largest absolute Gasteiger partial charge is 0.481 e. The number of esters is 1. The van der Waals surface area contributed by atoms with Gasteiger partial charge in [0.25, 0.3) is 0 Å². The second-order valence-corrected chi connectivity index (χ2v) is 13.9. The van der Waals surface area contributed by atoms with Crippen LogP contribution >= 0.6 is 0 Å². The van der Waals surface area contributed by atoms with E-state index in [-0.39, 0.29) is 42.9 Å². The zero-order valence-corrected chi connectivity index (χ0v) is 25.8. The van der Waals surface area contributed by atoms with Crippen LogP contribution in [-0.4, -0.2) is 58.4 Å². The lowest BCUT2D eigenvalue weighted by Crippen LogP contribution is -2.58. The minimum atomic E-state index is -1.57. The molecule has 0 heterocycles. The number of carbonyl (C=O) groups excluding carboxylic acids is 4. The summed E-state index contributed by atoms with van der Waals surface area (Å²) < 4.78 is 5.26. The van der Waals surface area contributed by atoms with Crippen molar-refractivity contribution in [3.8, 4) is 0 Å². The van der Waals surface area contributed by atoms with Crippen molar-refractivity contribution in [2.45, 2.75) is 96.0 Å². The number of fused-ring (bicyclic) bond motifs is 5. The first-order valence-corrected chi connectivity index (χ1v) is 16.1. The number of aliphatic hydroxyl groups is 1. The number of hydrogen-bond donors (Lipinski definition) is 3. The molecular weight excluding hydrogens is 562 g/mol. The number of Topliss-reactive ketones (excluding diaryl/α,β-unsaturated/α-hetero) is 1. The van der Waals surface area contributed by atoms with Gasteiger partial charge in [0, 0.05) is 30.7 Å². The molecule has 0 saturated heterocycles. The zero-order valence-electron chi connectivity index (χ0n) is 25.8. The molecule has 1 aromatic carbocycles. The van der Waals surface area contributed by atoms with Gasteiger partial charge in [0.2, 0.25) is 11.7 Å². The van der Waals surface area contributed by atoms with Crippen LogP contribution in [0.2, 0.25) is 0 Å². The Morgan fingerprint density at radius 2 is 1.70 bits per heavy atom. The molecule has 3 N–H and O–H groups in total. The van der Waals surface area contributed by atoms with Crippen molar-refractivity contribution in [2.24, 2.45) is 28.6 Å². The van der Waals surface area contributed by atoms with Gasteiger partial charge in [-0.15, -0.1) is 0 Å². The number of carbonyl (C=O) groups is 5. The summed E-state index contributed by atoms with van der Waals surface area (Å²) in [6.07, 6.45) is 7.33. The first-order valence-electron chi connectivity index (χ1n) is 16.1. The molecule has 7 atom stereocenters. The van der Waals surface area contributed by atoms with Gasteiger partial charge >= 0.3 is 11.9 Å². The Labute approximate surface area is 258 Å². The van der Waals surface area contributed by atoms with Gasteiger partial charge in [-0.1, -0.05) is 49.8 Å². The summed E-state index contributed by atoms with van der Waals surface area (Å²) in [7, 11) is 0. The summed E-state index contributed by atoms with van der Waals surface area (Å²) in [6, 6.07) is 9.06. The molecule has 1 amide bonds. The van der Waals surface area contributed by atoms with Crippen LogP contribution < -0.4 is 5.32 Å². The second kappa shape index (κ2) is 12.6. The van der Waals surface area contributed by atoms with E-state index < -0.39 is 47.2 Å². The number of benzene rings is 1. The molecule has 0 aliphatic heterocycles. The predicted molar refractivity (Wildman–Crippen MR) is 161 cm³/mol. The summed E-state index contributed by atoms with van der Waals surface area (Å²) in [5.74, 6) is -1.75. The van der Waals surface area contributed by atoms with Crippen LogP contribution in [-0.2, 0) is 28.7 Å². The summed E-state index contributed by atoms with van der Waals surface area (Å²) in [4.78, 5) is 61.7. The maximum atomic E-state index is 13.5. The minimum Gasteiger partial charge on any atom is -0.481 e. The van der Waals surface area contributed by atoms with Crippen LogP contribution in [0.4, 0.5) is 0 Å². The summed E-state index contributed by atoms with van der Waals surface area (Å²) >= 11 is 0. The molecule has 238 valence electrons. The van der Waals surface area contributed by atoms with E-state index in [0.717, 1.165) is 37.7 Å². The first kappa shape index (κ1) is 32.1. The number of nitrogens with one attached hydrogen (secondary N) is 1. The molecule has 9 nitrogen and oxygen atoms in total. The molecule has 0 unspecified atom stereocenters. The van der Waals surface area contributed by atoms with Crippen molar-refractivity contribution < 1.29 is 38.9 Å². The fourth-order valence-corrected chi connectivity index (χ4v) is 9.16. The van der Waals surface area contributed by atoms with Crippen molar-refractivity contribution >= 4 is 29.4 Å². The maximum absolute atomic E-state index is 13.5. The highest BCUT2D eigenvalue weighted by molar-refractivity contribution is 5.92. The Morgan fingerprint density at radius 1 is 0.977 bits per heavy atom. The van der Waals surface area contributed by atoms with Crippen LogP contribution in [0.25, 0.3) is 0 Å². The average molecular weight is 608 g/mol. The number of amides is 1. The Balaban J connectivity index is 1.12. The number of ketones is 2. The maximum Gasteiger partial charge on any atom is 0.306 e. The minimum absolute atomic E-state index is 0.00338. The van der Waals surface area contributed by atoms with Gasteiger partial charge in [0.05, 0.1) is 12.8 Å². The Bertz CT molecular complexity index is 1340. The molecule has 1 aromatic rings. The number of hydrogen-bond acceptors (Lipinski definition) is 7. The monoisotopic (exact) mass is 607 g/mol. The molecule has 3 fully saturated rings. The molecule has 0 spiro atoms. The van der Waals surface area contributed by atoms with Gasteiger partial charge in [-0.25, -0.2) is 0 Å². The third-order valence-corrected chi connectivity index (χ3v) is 11.7. The fourth-order valence-electron chi connectivity index (χ4n) is 9.16. The summed E-state index contributed by atoms with van der Waals surface area (Å²) in [5, 5.41) is 23.8. The lowest BCUT2D eigenvalue weighted by molar-refractivity contribution is -0.170. The van der Waals surface area contributed by atoms with E-state index in [1.165, 1.54) is 5.57 Å². The number of carboxylic acid groups (broad SMARTS) is 1. The number of aliphatic carboxylic acids is 1. The predicted octanol–water partition coefficient (Wildman–Crippen LogP) is 4.52. The van der Waals surface area contributed by atoms with Crippen LogP contribution in [0.5, 0.6) is 0 Å².